The third-order valence-corrected chi connectivity index (χ3v) is 0.289. The maximum absolute atomic E-state index is 4.12. The Morgan fingerprint density at radius 2 is 2.40 bits per heavy atom. The lowest BCUT2D eigenvalue weighted by atomic mass is 11.6. The Morgan fingerprint density at radius 3 is 2.40 bits per heavy atom. The zero-order valence-electron chi connectivity index (χ0n) is 2.68. The van der Waals surface area contributed by atoms with Crippen LogP contribution in [0.15, 0.2) is 10.4 Å². The molecule has 0 spiro atoms. The minimum absolute atomic E-state index is 1.54. The summed E-state index contributed by atoms with van der Waals surface area (Å²) in [5.74, 6) is 0. The van der Waals surface area contributed by atoms with Crippen molar-refractivity contribution in [2.75, 3.05) is 7.05 Å². The molecule has 3 nitrogen and oxygen atoms in total. The van der Waals surface area contributed by atoms with Crippen LogP contribution in [0.2, 0.25) is 0 Å². The first-order valence-corrected chi connectivity index (χ1v) is 1.86. The van der Waals surface area contributed by atoms with Crippen LogP contribution in [0.3, 0.4) is 0 Å². The predicted octanol–water partition coefficient (Wildman–Crippen LogP) is 1.35. The van der Waals surface area contributed by atoms with Crippen LogP contribution in [-0.4, -0.2) is 7.05 Å². The van der Waals surface area contributed by atoms with E-state index in [0.717, 1.165) is 0 Å². The monoisotopic (exact) mass is 186 g/mol. The van der Waals surface area contributed by atoms with Crippen molar-refractivity contribution in [2.45, 2.75) is 0 Å². The van der Waals surface area contributed by atoms with Crippen LogP contribution in [0.25, 0.3) is 0 Å². The molecule has 0 bridgehead atoms. The minimum atomic E-state index is 1.54. The van der Waals surface area contributed by atoms with Crippen LogP contribution in [0.5, 0.6) is 0 Å². The molecule has 0 N–H and O–H groups in total. The molecule has 0 aliphatic carbocycles. The van der Waals surface area contributed by atoms with E-state index in [1.54, 1.807) is 30.1 Å². The van der Waals surface area contributed by atoms with E-state index in [9.17, 15) is 0 Å². The SMILES string of the molecule is CN=NOI. The van der Waals surface area contributed by atoms with Gasteiger partial charge in [0.05, 0.1) is 7.05 Å². The van der Waals surface area contributed by atoms with Crippen molar-refractivity contribution in [1.82, 2.24) is 0 Å². The molecule has 0 unspecified atom stereocenters. The molecule has 0 amide bonds. The molecule has 5 heavy (non-hydrogen) atoms. The fourth-order valence-corrected chi connectivity index (χ4v) is 0.207. The van der Waals surface area contributed by atoms with E-state index in [1.807, 2.05) is 0 Å². The molecule has 0 aromatic carbocycles. The van der Waals surface area contributed by atoms with E-state index < -0.39 is 0 Å². The molecule has 0 saturated carbocycles. The van der Waals surface area contributed by atoms with Gasteiger partial charge in [-0.3, -0.25) is 0 Å². The maximum Gasteiger partial charge on any atom is 0.232 e. The molecule has 0 fully saturated rings. The van der Waals surface area contributed by atoms with Gasteiger partial charge in [0.1, 0.15) is 0 Å². The van der Waals surface area contributed by atoms with Crippen molar-refractivity contribution in [3.8, 4) is 0 Å². The highest BCUT2D eigenvalue weighted by molar-refractivity contribution is 14.1. The summed E-state index contributed by atoms with van der Waals surface area (Å²) in [7, 11) is 1.54. The summed E-state index contributed by atoms with van der Waals surface area (Å²) in [5.41, 5.74) is 0. The standard InChI is InChI=1S/CH3IN2O/c1-3-4-5-2/h1H3. The Balaban J connectivity index is 2.62. The Bertz CT molecular complexity index is 36.6. The number of hydrogen-bond acceptors (Lipinski definition) is 3. The van der Waals surface area contributed by atoms with Gasteiger partial charge in [0.25, 0.3) is 0 Å². The molecule has 0 rings (SSSR count). The van der Waals surface area contributed by atoms with Crippen LogP contribution in [-0.2, 0) is 3.17 Å². The van der Waals surface area contributed by atoms with E-state index in [1.165, 1.54) is 0 Å². The number of hydrogen-bond donors (Lipinski definition) is 0. The van der Waals surface area contributed by atoms with Crippen molar-refractivity contribution in [2.24, 2.45) is 10.4 Å². The van der Waals surface area contributed by atoms with Crippen molar-refractivity contribution in [3.63, 3.8) is 0 Å². The third kappa shape index (κ3) is 4.13. The first kappa shape index (κ1) is 5.13. The van der Waals surface area contributed by atoms with Gasteiger partial charge in [0.15, 0.2) is 0 Å². The van der Waals surface area contributed by atoms with E-state index >= 15 is 0 Å². The van der Waals surface area contributed by atoms with Crippen LogP contribution >= 0.6 is 23.0 Å². The molecule has 4 heteroatoms. The van der Waals surface area contributed by atoms with Gasteiger partial charge in [-0.15, -0.1) is 0 Å². The number of nitrogens with zero attached hydrogens (tertiary/aromatic N) is 2. The molecule has 0 aliphatic heterocycles. The summed E-state index contributed by atoms with van der Waals surface area (Å²) in [6, 6.07) is 0. The quantitative estimate of drug-likeness (QED) is 0.345. The summed E-state index contributed by atoms with van der Waals surface area (Å²) in [5, 5.41) is 6.33. The molecule has 0 saturated heterocycles. The van der Waals surface area contributed by atoms with Crippen molar-refractivity contribution in [1.29, 1.82) is 0 Å². The first-order valence-electron chi connectivity index (χ1n) is 0.984. The summed E-state index contributed by atoms with van der Waals surface area (Å²) < 4.78 is 4.12. The molecule has 0 aliphatic rings. The van der Waals surface area contributed by atoms with Crippen molar-refractivity contribution >= 4 is 23.0 Å². The Morgan fingerprint density at radius 1 is 1.80 bits per heavy atom. The van der Waals surface area contributed by atoms with Gasteiger partial charge in [0, 0.05) is 5.28 Å². The normalized spacial score (nSPS) is 9.20. The zero-order valence-corrected chi connectivity index (χ0v) is 4.84. The van der Waals surface area contributed by atoms with Gasteiger partial charge in [0.2, 0.25) is 23.0 Å². The van der Waals surface area contributed by atoms with E-state index in [-0.39, 0.29) is 0 Å². The van der Waals surface area contributed by atoms with Crippen LogP contribution in [0.1, 0.15) is 0 Å². The van der Waals surface area contributed by atoms with Gasteiger partial charge in [-0.05, 0) is 0 Å². The van der Waals surface area contributed by atoms with E-state index in [2.05, 4.69) is 13.6 Å². The fourth-order valence-electron chi connectivity index (χ4n) is 0.0309. The number of rotatable bonds is 1. The van der Waals surface area contributed by atoms with Gasteiger partial charge >= 0.3 is 0 Å². The first-order chi connectivity index (χ1) is 2.41. The Labute approximate surface area is 44.1 Å². The second-order valence-corrected chi connectivity index (χ2v) is 0.745. The fraction of sp³-hybridized carbons (Fsp3) is 1.00. The molecule has 0 aromatic heterocycles. The smallest absolute Gasteiger partial charge is 0.232 e. The Hall–Kier alpha value is 0.130. The average Bonchev–Trinajstić information content (AvgIpc) is 1.41. The van der Waals surface area contributed by atoms with Gasteiger partial charge in [-0.1, -0.05) is 0 Å². The van der Waals surface area contributed by atoms with Crippen LogP contribution in [0, 0.1) is 0 Å². The van der Waals surface area contributed by atoms with Crippen molar-refractivity contribution in [3.05, 3.63) is 0 Å². The summed E-state index contributed by atoms with van der Waals surface area (Å²) in [6.45, 7) is 0. The van der Waals surface area contributed by atoms with Crippen molar-refractivity contribution < 1.29 is 3.17 Å². The third-order valence-electron chi connectivity index (χ3n) is 0.113. The molecule has 0 atom stereocenters. The maximum atomic E-state index is 4.12. The second kappa shape index (κ2) is 4.13. The van der Waals surface area contributed by atoms with Gasteiger partial charge < -0.3 is 3.17 Å². The van der Waals surface area contributed by atoms with Gasteiger partial charge in [-0.25, -0.2) is 0 Å². The topological polar surface area (TPSA) is 34.0 Å². The zero-order chi connectivity index (χ0) is 4.12. The lowest BCUT2D eigenvalue weighted by Crippen LogP contribution is -1.45. The average molecular weight is 186 g/mol. The molecular weight excluding hydrogens is 183 g/mol. The van der Waals surface area contributed by atoms with Crippen LogP contribution < -0.4 is 0 Å². The highest BCUT2D eigenvalue weighted by Gasteiger charge is 1.51. The van der Waals surface area contributed by atoms with Crippen LogP contribution in [0.4, 0.5) is 0 Å². The highest BCUT2D eigenvalue weighted by Crippen LogP contribution is 1.83. The minimum Gasteiger partial charge on any atom is -0.309 e. The molecule has 0 radical (unpaired) electrons. The predicted molar refractivity (Wildman–Crippen MR) is 25.9 cm³/mol. The summed E-state index contributed by atoms with van der Waals surface area (Å²) >= 11 is 1.63. The molecular formula is CH3IN2O. The van der Waals surface area contributed by atoms with E-state index in [0.29, 0.717) is 0 Å². The highest BCUT2D eigenvalue weighted by atomic mass is 127. The largest absolute Gasteiger partial charge is 0.309 e. The summed E-state index contributed by atoms with van der Waals surface area (Å²) in [6.07, 6.45) is 0. The van der Waals surface area contributed by atoms with E-state index in [4.69, 9.17) is 0 Å². The lowest BCUT2D eigenvalue weighted by Gasteiger charge is -1.68. The molecule has 0 aromatic rings. The number of halogens is 1. The second-order valence-electron chi connectivity index (χ2n) is 0.351. The molecule has 30 valence electrons. The van der Waals surface area contributed by atoms with Gasteiger partial charge in [-0.2, -0.15) is 5.11 Å². The summed E-state index contributed by atoms with van der Waals surface area (Å²) in [4.78, 5) is 0. The molecule has 0 heterocycles. The Kier molecular flexibility index (Phi) is 4.24. The lowest BCUT2D eigenvalue weighted by molar-refractivity contribution is 0.421.